The van der Waals surface area contributed by atoms with Gasteiger partial charge in [0.25, 0.3) is 0 Å². The van der Waals surface area contributed by atoms with Gasteiger partial charge in [-0.05, 0) is 18.1 Å². The second-order valence-corrected chi connectivity index (χ2v) is 3.23. The lowest BCUT2D eigenvalue weighted by atomic mass is 10.1. The van der Waals surface area contributed by atoms with E-state index in [1.54, 1.807) is 0 Å². The van der Waals surface area contributed by atoms with Crippen LogP contribution in [0.5, 0.6) is 0 Å². The third kappa shape index (κ3) is 2.31. The van der Waals surface area contributed by atoms with E-state index in [0.29, 0.717) is 6.54 Å². The summed E-state index contributed by atoms with van der Waals surface area (Å²) < 4.78 is 0. The van der Waals surface area contributed by atoms with Crippen LogP contribution in [0.2, 0.25) is 0 Å². The van der Waals surface area contributed by atoms with Crippen LogP contribution in [0.25, 0.3) is 0 Å². The smallest absolute Gasteiger partial charge is 0.0283 e. The van der Waals surface area contributed by atoms with Crippen LogP contribution in [0.3, 0.4) is 0 Å². The first-order valence-corrected chi connectivity index (χ1v) is 4.74. The maximum Gasteiger partial charge on any atom is 0.0283 e. The molecule has 0 aromatic heterocycles. The Kier molecular flexibility index (Phi) is 3.09. The largest absolute Gasteiger partial charge is 0.326 e. The maximum absolute atomic E-state index is 5.53. The van der Waals surface area contributed by atoms with Gasteiger partial charge < -0.3 is 5.73 Å². The molecule has 1 rings (SSSR count). The van der Waals surface area contributed by atoms with Crippen molar-refractivity contribution in [1.82, 2.24) is 0 Å². The average Bonchev–Trinajstić information content (AvgIpc) is 2.03. The molecular formula is C9H12BrN. The van der Waals surface area contributed by atoms with Crippen molar-refractivity contribution in [3.05, 3.63) is 34.9 Å². The van der Waals surface area contributed by atoms with Crippen LogP contribution in [0.15, 0.2) is 18.2 Å². The Hall–Kier alpha value is -0.340. The first-order valence-electron chi connectivity index (χ1n) is 3.61. The standard InChI is InChI=1S/C9H12BrN/c1-7-2-8(5-10)4-9(3-7)6-11/h2-4H,5-6,11H2,1H3. The Morgan fingerprint density at radius 1 is 1.27 bits per heavy atom. The van der Waals surface area contributed by atoms with Crippen molar-refractivity contribution in [3.63, 3.8) is 0 Å². The normalized spacial score (nSPS) is 10.1. The lowest BCUT2D eigenvalue weighted by Gasteiger charge is -2.02. The Morgan fingerprint density at radius 3 is 2.45 bits per heavy atom. The van der Waals surface area contributed by atoms with Gasteiger partial charge in [0.15, 0.2) is 0 Å². The van der Waals surface area contributed by atoms with Crippen LogP contribution < -0.4 is 5.73 Å². The van der Waals surface area contributed by atoms with Gasteiger partial charge in [-0.25, -0.2) is 0 Å². The molecule has 1 nitrogen and oxygen atoms in total. The molecule has 0 radical (unpaired) electrons. The highest BCUT2D eigenvalue weighted by Gasteiger charge is 1.94. The van der Waals surface area contributed by atoms with Crippen molar-refractivity contribution >= 4 is 15.9 Å². The molecule has 0 bridgehead atoms. The van der Waals surface area contributed by atoms with Crippen LogP contribution in [0, 0.1) is 6.92 Å². The molecule has 2 N–H and O–H groups in total. The number of halogens is 1. The maximum atomic E-state index is 5.53. The average molecular weight is 214 g/mol. The second kappa shape index (κ2) is 3.88. The molecule has 0 saturated carbocycles. The van der Waals surface area contributed by atoms with Gasteiger partial charge in [0, 0.05) is 11.9 Å². The van der Waals surface area contributed by atoms with Gasteiger partial charge in [-0.1, -0.05) is 39.7 Å². The Labute approximate surface area is 75.7 Å². The third-order valence-corrected chi connectivity index (χ3v) is 2.23. The summed E-state index contributed by atoms with van der Waals surface area (Å²) in [6, 6.07) is 6.40. The molecule has 60 valence electrons. The predicted molar refractivity (Wildman–Crippen MR) is 51.7 cm³/mol. The summed E-state index contributed by atoms with van der Waals surface area (Å²) in [4.78, 5) is 0. The van der Waals surface area contributed by atoms with E-state index in [0.717, 1.165) is 5.33 Å². The zero-order chi connectivity index (χ0) is 8.27. The summed E-state index contributed by atoms with van der Waals surface area (Å²) in [6.07, 6.45) is 0. The molecule has 0 heterocycles. The molecule has 0 saturated heterocycles. The summed E-state index contributed by atoms with van der Waals surface area (Å²) in [5.74, 6) is 0. The van der Waals surface area contributed by atoms with E-state index >= 15 is 0 Å². The molecule has 2 heteroatoms. The first-order chi connectivity index (χ1) is 5.26. The van der Waals surface area contributed by atoms with Crippen molar-refractivity contribution in [2.24, 2.45) is 5.73 Å². The fraction of sp³-hybridized carbons (Fsp3) is 0.333. The fourth-order valence-corrected chi connectivity index (χ4v) is 1.47. The van der Waals surface area contributed by atoms with Crippen molar-refractivity contribution in [2.45, 2.75) is 18.8 Å². The van der Waals surface area contributed by atoms with E-state index < -0.39 is 0 Å². The Balaban J connectivity index is 3.02. The number of hydrogen-bond acceptors (Lipinski definition) is 1. The van der Waals surface area contributed by atoms with Gasteiger partial charge in [-0.3, -0.25) is 0 Å². The van der Waals surface area contributed by atoms with E-state index in [1.807, 2.05) is 0 Å². The van der Waals surface area contributed by atoms with Crippen LogP contribution >= 0.6 is 15.9 Å². The Bertz CT molecular complexity index is 223. The van der Waals surface area contributed by atoms with Gasteiger partial charge in [0.1, 0.15) is 0 Å². The molecule has 11 heavy (non-hydrogen) atoms. The van der Waals surface area contributed by atoms with Crippen molar-refractivity contribution in [1.29, 1.82) is 0 Å². The number of alkyl halides is 1. The summed E-state index contributed by atoms with van der Waals surface area (Å²) in [5, 5.41) is 0.904. The summed E-state index contributed by atoms with van der Waals surface area (Å²) in [7, 11) is 0. The number of rotatable bonds is 2. The molecule has 0 aliphatic heterocycles. The summed E-state index contributed by atoms with van der Waals surface area (Å²) in [5.41, 5.74) is 9.31. The van der Waals surface area contributed by atoms with Crippen molar-refractivity contribution in [3.8, 4) is 0 Å². The van der Waals surface area contributed by atoms with E-state index in [-0.39, 0.29) is 0 Å². The van der Waals surface area contributed by atoms with Gasteiger partial charge in [0.05, 0.1) is 0 Å². The first kappa shape index (κ1) is 8.75. The SMILES string of the molecule is Cc1cc(CN)cc(CBr)c1. The zero-order valence-electron chi connectivity index (χ0n) is 6.60. The molecule has 0 fully saturated rings. The van der Waals surface area contributed by atoms with Crippen molar-refractivity contribution in [2.75, 3.05) is 0 Å². The monoisotopic (exact) mass is 213 g/mol. The fourth-order valence-electron chi connectivity index (χ4n) is 1.14. The second-order valence-electron chi connectivity index (χ2n) is 2.66. The van der Waals surface area contributed by atoms with E-state index in [2.05, 4.69) is 41.1 Å². The minimum Gasteiger partial charge on any atom is -0.326 e. The number of hydrogen-bond donors (Lipinski definition) is 1. The minimum absolute atomic E-state index is 0.627. The molecule has 0 unspecified atom stereocenters. The highest BCUT2D eigenvalue weighted by Crippen LogP contribution is 2.11. The molecular weight excluding hydrogens is 202 g/mol. The van der Waals surface area contributed by atoms with E-state index in [1.165, 1.54) is 16.7 Å². The summed E-state index contributed by atoms with van der Waals surface area (Å²) >= 11 is 3.41. The molecule has 0 amide bonds. The summed E-state index contributed by atoms with van der Waals surface area (Å²) in [6.45, 7) is 2.72. The molecule has 0 atom stereocenters. The quantitative estimate of drug-likeness (QED) is 0.751. The van der Waals surface area contributed by atoms with Gasteiger partial charge in [-0.15, -0.1) is 0 Å². The molecule has 1 aromatic carbocycles. The Morgan fingerprint density at radius 2 is 1.91 bits per heavy atom. The van der Waals surface area contributed by atoms with Crippen LogP contribution in [0.4, 0.5) is 0 Å². The minimum atomic E-state index is 0.627. The number of aryl methyl sites for hydroxylation is 1. The molecule has 1 aromatic rings. The van der Waals surface area contributed by atoms with Crippen LogP contribution in [0.1, 0.15) is 16.7 Å². The molecule has 0 aliphatic rings. The van der Waals surface area contributed by atoms with Crippen LogP contribution in [-0.4, -0.2) is 0 Å². The lowest BCUT2D eigenvalue weighted by molar-refractivity contribution is 1.06. The van der Waals surface area contributed by atoms with Gasteiger partial charge in [0.2, 0.25) is 0 Å². The predicted octanol–water partition coefficient (Wildman–Crippen LogP) is 2.35. The highest BCUT2D eigenvalue weighted by molar-refractivity contribution is 9.08. The number of benzene rings is 1. The molecule has 0 spiro atoms. The zero-order valence-corrected chi connectivity index (χ0v) is 8.19. The van der Waals surface area contributed by atoms with E-state index in [9.17, 15) is 0 Å². The lowest BCUT2D eigenvalue weighted by Crippen LogP contribution is -1.97. The van der Waals surface area contributed by atoms with Crippen LogP contribution in [-0.2, 0) is 11.9 Å². The third-order valence-electron chi connectivity index (χ3n) is 1.59. The highest BCUT2D eigenvalue weighted by atomic mass is 79.9. The van der Waals surface area contributed by atoms with E-state index in [4.69, 9.17) is 5.73 Å². The van der Waals surface area contributed by atoms with Gasteiger partial charge >= 0.3 is 0 Å². The number of nitrogens with two attached hydrogens (primary N) is 1. The topological polar surface area (TPSA) is 26.0 Å². The van der Waals surface area contributed by atoms with Gasteiger partial charge in [-0.2, -0.15) is 0 Å². The molecule has 0 aliphatic carbocycles. The van der Waals surface area contributed by atoms with Crippen molar-refractivity contribution < 1.29 is 0 Å².